The Hall–Kier alpha value is -2.67. The van der Waals surface area contributed by atoms with Crippen LogP contribution in [0.1, 0.15) is 11.7 Å². The molecule has 0 spiro atoms. The fraction of sp³-hybridized carbons (Fsp3) is 0.312. The Kier molecular flexibility index (Phi) is 3.34. The molecule has 4 heterocycles. The lowest BCUT2D eigenvalue weighted by molar-refractivity contribution is 0.0395. The van der Waals surface area contributed by atoms with Crippen LogP contribution in [0.4, 0.5) is 5.82 Å². The highest BCUT2D eigenvalue weighted by Gasteiger charge is 2.24. The summed E-state index contributed by atoms with van der Waals surface area (Å²) >= 11 is 0. The zero-order valence-electron chi connectivity index (χ0n) is 12.8. The Bertz CT molecular complexity index is 901. The molecule has 4 rings (SSSR count). The summed E-state index contributed by atoms with van der Waals surface area (Å²) in [5, 5.41) is 4.19. The maximum Gasteiger partial charge on any atom is 0.259 e. The van der Waals surface area contributed by atoms with Gasteiger partial charge < -0.3 is 9.64 Å². The minimum absolute atomic E-state index is 0.0616. The van der Waals surface area contributed by atoms with Gasteiger partial charge in [0.15, 0.2) is 0 Å². The van der Waals surface area contributed by atoms with Gasteiger partial charge in [-0.3, -0.25) is 13.9 Å². The smallest absolute Gasteiger partial charge is 0.259 e. The summed E-state index contributed by atoms with van der Waals surface area (Å²) in [4.78, 5) is 18.9. The van der Waals surface area contributed by atoms with E-state index in [0.717, 1.165) is 5.56 Å². The van der Waals surface area contributed by atoms with E-state index in [1.54, 1.807) is 21.3 Å². The van der Waals surface area contributed by atoms with Gasteiger partial charge in [0.25, 0.3) is 5.56 Å². The van der Waals surface area contributed by atoms with Crippen LogP contribution in [0, 0.1) is 0 Å². The maximum absolute atomic E-state index is 12.2. The van der Waals surface area contributed by atoms with Crippen LogP contribution in [-0.4, -0.2) is 38.9 Å². The topological polar surface area (TPSA) is 64.7 Å². The molecule has 0 bridgehead atoms. The van der Waals surface area contributed by atoms with Crippen LogP contribution >= 0.6 is 0 Å². The van der Waals surface area contributed by atoms with Crippen LogP contribution in [-0.2, 0) is 11.8 Å². The zero-order valence-corrected chi connectivity index (χ0v) is 12.8. The number of anilines is 1. The molecule has 0 saturated carbocycles. The van der Waals surface area contributed by atoms with Crippen molar-refractivity contribution >= 4 is 11.5 Å². The molecule has 1 aliphatic heterocycles. The molecule has 7 heteroatoms. The number of fused-ring (bicyclic) bond motifs is 1. The molecule has 7 nitrogen and oxygen atoms in total. The Morgan fingerprint density at radius 1 is 1.35 bits per heavy atom. The minimum Gasteiger partial charge on any atom is -0.370 e. The highest BCUT2D eigenvalue weighted by Crippen LogP contribution is 2.24. The van der Waals surface area contributed by atoms with Gasteiger partial charge in [0.05, 0.1) is 12.8 Å². The quantitative estimate of drug-likeness (QED) is 0.706. The van der Waals surface area contributed by atoms with Gasteiger partial charge in [-0.25, -0.2) is 4.98 Å². The summed E-state index contributed by atoms with van der Waals surface area (Å²) in [5.41, 5.74) is 1.61. The third-order valence-electron chi connectivity index (χ3n) is 4.04. The molecule has 0 aliphatic carbocycles. The molecular weight excluding hydrogens is 294 g/mol. The molecule has 1 aliphatic rings. The molecular formula is C16H17N5O2. The highest BCUT2D eigenvalue weighted by molar-refractivity contribution is 5.48. The Morgan fingerprint density at radius 2 is 2.26 bits per heavy atom. The maximum atomic E-state index is 12.2. The number of morpholine rings is 1. The van der Waals surface area contributed by atoms with Gasteiger partial charge in [-0.05, 0) is 12.1 Å². The number of pyridine rings is 1. The molecule has 0 amide bonds. The van der Waals surface area contributed by atoms with Crippen molar-refractivity contribution in [1.82, 2.24) is 19.2 Å². The van der Waals surface area contributed by atoms with Gasteiger partial charge >= 0.3 is 0 Å². The average Bonchev–Trinajstić information content (AvgIpc) is 3.01. The van der Waals surface area contributed by atoms with Crippen LogP contribution in [0.15, 0.2) is 47.7 Å². The monoisotopic (exact) mass is 311 g/mol. The molecule has 0 N–H and O–H groups in total. The summed E-state index contributed by atoms with van der Waals surface area (Å²) in [6, 6.07) is 7.12. The normalized spacial score (nSPS) is 18.5. The van der Waals surface area contributed by atoms with E-state index in [1.807, 2.05) is 37.6 Å². The largest absolute Gasteiger partial charge is 0.370 e. The van der Waals surface area contributed by atoms with Crippen molar-refractivity contribution in [3.05, 3.63) is 58.8 Å². The minimum atomic E-state index is -0.0741. The summed E-state index contributed by atoms with van der Waals surface area (Å²) in [6.45, 7) is 1.96. The molecule has 1 fully saturated rings. The lowest BCUT2D eigenvalue weighted by Gasteiger charge is -2.33. The van der Waals surface area contributed by atoms with E-state index in [-0.39, 0.29) is 11.7 Å². The molecule has 3 aromatic heterocycles. The molecule has 1 saturated heterocycles. The van der Waals surface area contributed by atoms with Crippen LogP contribution in [0.2, 0.25) is 0 Å². The van der Waals surface area contributed by atoms with E-state index in [2.05, 4.69) is 15.0 Å². The van der Waals surface area contributed by atoms with E-state index < -0.39 is 0 Å². The first-order valence-electron chi connectivity index (χ1n) is 7.54. The van der Waals surface area contributed by atoms with Crippen LogP contribution in [0.25, 0.3) is 5.65 Å². The molecule has 1 unspecified atom stereocenters. The van der Waals surface area contributed by atoms with Gasteiger partial charge in [-0.15, -0.1) is 0 Å². The summed E-state index contributed by atoms with van der Waals surface area (Å²) in [7, 11) is 1.88. The van der Waals surface area contributed by atoms with Crippen LogP contribution < -0.4 is 10.5 Å². The number of ether oxygens (including phenoxy) is 1. The summed E-state index contributed by atoms with van der Waals surface area (Å²) in [6.07, 6.45) is 5.44. The van der Waals surface area contributed by atoms with Gasteiger partial charge in [-0.2, -0.15) is 5.10 Å². The Labute approximate surface area is 132 Å². The van der Waals surface area contributed by atoms with Crippen molar-refractivity contribution < 1.29 is 4.74 Å². The number of aryl methyl sites for hydroxylation is 1. The number of hydrogen-bond donors (Lipinski definition) is 0. The number of hydrogen-bond acceptors (Lipinski definition) is 5. The van der Waals surface area contributed by atoms with E-state index in [1.165, 1.54) is 0 Å². The van der Waals surface area contributed by atoms with E-state index in [0.29, 0.717) is 31.2 Å². The first kappa shape index (κ1) is 14.0. The Balaban J connectivity index is 1.66. The van der Waals surface area contributed by atoms with Crippen molar-refractivity contribution in [2.75, 3.05) is 24.6 Å². The second-order valence-corrected chi connectivity index (χ2v) is 5.63. The third kappa shape index (κ3) is 2.59. The predicted molar refractivity (Wildman–Crippen MR) is 85.6 cm³/mol. The van der Waals surface area contributed by atoms with Gasteiger partial charge in [0, 0.05) is 44.2 Å². The zero-order chi connectivity index (χ0) is 15.8. The lowest BCUT2D eigenvalue weighted by atomic mass is 10.1. The molecule has 23 heavy (non-hydrogen) atoms. The number of nitrogens with zero attached hydrogens (tertiary/aromatic N) is 5. The van der Waals surface area contributed by atoms with Crippen molar-refractivity contribution in [3.63, 3.8) is 0 Å². The molecule has 0 aromatic carbocycles. The predicted octanol–water partition coefficient (Wildman–Crippen LogP) is 1.01. The first-order valence-corrected chi connectivity index (χ1v) is 7.54. The van der Waals surface area contributed by atoms with Crippen molar-refractivity contribution in [2.24, 2.45) is 7.05 Å². The fourth-order valence-electron chi connectivity index (χ4n) is 2.87. The fourth-order valence-corrected chi connectivity index (χ4v) is 2.87. The van der Waals surface area contributed by atoms with Gasteiger partial charge in [0.1, 0.15) is 17.6 Å². The molecule has 0 radical (unpaired) electrons. The third-order valence-corrected chi connectivity index (χ3v) is 4.04. The molecule has 1 atom stereocenters. The SMILES string of the molecule is Cn1cc(C2CN(c3cc(=O)n4ccccc4n3)CCO2)cn1. The molecule has 118 valence electrons. The van der Waals surface area contributed by atoms with Gasteiger partial charge in [-0.1, -0.05) is 6.07 Å². The van der Waals surface area contributed by atoms with Crippen LogP contribution in [0.3, 0.4) is 0 Å². The second kappa shape index (κ2) is 5.51. The number of aromatic nitrogens is 4. The highest BCUT2D eigenvalue weighted by atomic mass is 16.5. The van der Waals surface area contributed by atoms with Crippen molar-refractivity contribution in [1.29, 1.82) is 0 Å². The van der Waals surface area contributed by atoms with E-state index in [4.69, 9.17) is 4.74 Å². The number of rotatable bonds is 2. The second-order valence-electron chi connectivity index (χ2n) is 5.63. The van der Waals surface area contributed by atoms with Crippen molar-refractivity contribution in [3.8, 4) is 0 Å². The van der Waals surface area contributed by atoms with Gasteiger partial charge in [0.2, 0.25) is 0 Å². The molecule has 3 aromatic rings. The Morgan fingerprint density at radius 3 is 3.09 bits per heavy atom. The average molecular weight is 311 g/mol. The van der Waals surface area contributed by atoms with Crippen LogP contribution in [0.5, 0.6) is 0 Å². The summed E-state index contributed by atoms with van der Waals surface area (Å²) < 4.78 is 9.15. The lowest BCUT2D eigenvalue weighted by Crippen LogP contribution is -2.39. The van der Waals surface area contributed by atoms with E-state index in [9.17, 15) is 4.79 Å². The first-order chi connectivity index (χ1) is 11.2. The van der Waals surface area contributed by atoms with Crippen molar-refractivity contribution in [2.45, 2.75) is 6.10 Å². The standard InChI is InChI=1S/C16H17N5O2/c1-19-10-12(9-17-19)13-11-20(6-7-23-13)15-8-16(22)21-5-3-2-4-14(21)18-15/h2-5,8-10,13H,6-7,11H2,1H3. The summed E-state index contributed by atoms with van der Waals surface area (Å²) in [5.74, 6) is 0.693. The van der Waals surface area contributed by atoms with E-state index >= 15 is 0 Å².